The summed E-state index contributed by atoms with van der Waals surface area (Å²) in [6.07, 6.45) is 0. The predicted octanol–water partition coefficient (Wildman–Crippen LogP) is 3.84. The van der Waals surface area contributed by atoms with E-state index >= 15 is 0 Å². The number of thioether (sulfide) groups is 1. The van der Waals surface area contributed by atoms with Crippen LogP contribution in [0, 0.1) is 0 Å². The van der Waals surface area contributed by atoms with Gasteiger partial charge in [0.25, 0.3) is 5.91 Å². The summed E-state index contributed by atoms with van der Waals surface area (Å²) in [4.78, 5) is 14.5. The molecule has 6 heteroatoms. The highest BCUT2D eigenvalue weighted by Gasteiger charge is 2.12. The number of amides is 1. The molecule has 1 heterocycles. The Morgan fingerprint density at radius 3 is 2.65 bits per heavy atom. The van der Waals surface area contributed by atoms with Crippen molar-refractivity contribution in [2.45, 2.75) is 5.75 Å². The molecule has 1 fully saturated rings. The Hall–Kier alpha value is -1.69. The molecule has 0 spiro atoms. The average molecular weight is 391 g/mol. The number of halogens is 1. The number of hydrogen-bond acceptors (Lipinski definition) is 4. The second-order valence-electron chi connectivity index (χ2n) is 6.08. The second-order valence-corrected chi connectivity index (χ2v) is 7.63. The number of morpholine rings is 1. The van der Waals surface area contributed by atoms with Gasteiger partial charge in [0.05, 0.1) is 13.2 Å². The molecule has 26 heavy (non-hydrogen) atoms. The van der Waals surface area contributed by atoms with E-state index in [1.165, 1.54) is 5.56 Å². The molecule has 1 N–H and O–H groups in total. The lowest BCUT2D eigenvalue weighted by Crippen LogP contribution is -2.36. The molecule has 3 rings (SSSR count). The summed E-state index contributed by atoms with van der Waals surface area (Å²) in [6, 6.07) is 15.7. The maximum atomic E-state index is 12.2. The third kappa shape index (κ3) is 5.66. The fraction of sp³-hybridized carbons (Fsp3) is 0.350. The third-order valence-corrected chi connectivity index (χ3v) is 5.46. The summed E-state index contributed by atoms with van der Waals surface area (Å²) in [7, 11) is 0. The predicted molar refractivity (Wildman–Crippen MR) is 109 cm³/mol. The smallest absolute Gasteiger partial charge is 0.251 e. The zero-order valence-electron chi connectivity index (χ0n) is 14.6. The maximum Gasteiger partial charge on any atom is 0.251 e. The van der Waals surface area contributed by atoms with E-state index in [0.717, 1.165) is 48.5 Å². The Bertz CT molecular complexity index is 718. The van der Waals surface area contributed by atoms with Gasteiger partial charge < -0.3 is 15.0 Å². The number of benzene rings is 2. The number of hydrogen-bond donors (Lipinski definition) is 1. The van der Waals surface area contributed by atoms with E-state index in [-0.39, 0.29) is 5.91 Å². The number of nitrogens with zero attached hydrogens (tertiary/aromatic N) is 1. The molecule has 0 aliphatic carbocycles. The van der Waals surface area contributed by atoms with Crippen molar-refractivity contribution in [3.8, 4) is 0 Å². The first-order chi connectivity index (χ1) is 12.7. The van der Waals surface area contributed by atoms with E-state index in [4.69, 9.17) is 16.3 Å². The molecule has 0 radical (unpaired) electrons. The largest absolute Gasteiger partial charge is 0.378 e. The van der Waals surface area contributed by atoms with E-state index < -0.39 is 0 Å². The van der Waals surface area contributed by atoms with Crippen molar-refractivity contribution in [3.63, 3.8) is 0 Å². The third-order valence-electron chi connectivity index (χ3n) is 4.20. The minimum atomic E-state index is -0.0260. The van der Waals surface area contributed by atoms with Crippen LogP contribution in [0.3, 0.4) is 0 Å². The normalized spacial score (nSPS) is 14.3. The summed E-state index contributed by atoms with van der Waals surface area (Å²) in [5, 5.41) is 3.74. The SMILES string of the molecule is O=C(NCCSCc1cccc(Cl)c1)c1ccc(N2CCOCC2)cc1. The molecule has 0 atom stereocenters. The minimum absolute atomic E-state index is 0.0260. The molecule has 2 aromatic carbocycles. The van der Waals surface area contributed by atoms with Crippen LogP contribution >= 0.6 is 23.4 Å². The van der Waals surface area contributed by atoms with Crippen LogP contribution in [-0.4, -0.2) is 44.5 Å². The van der Waals surface area contributed by atoms with Crippen molar-refractivity contribution in [1.82, 2.24) is 5.32 Å². The van der Waals surface area contributed by atoms with Crippen LogP contribution in [0.2, 0.25) is 5.02 Å². The number of ether oxygens (including phenoxy) is 1. The molecule has 0 bridgehead atoms. The van der Waals surface area contributed by atoms with E-state index in [9.17, 15) is 4.79 Å². The maximum absolute atomic E-state index is 12.2. The van der Waals surface area contributed by atoms with Crippen molar-refractivity contribution < 1.29 is 9.53 Å². The van der Waals surface area contributed by atoms with E-state index in [0.29, 0.717) is 12.1 Å². The van der Waals surface area contributed by atoms with Crippen LogP contribution in [0.5, 0.6) is 0 Å². The molecule has 1 amide bonds. The standard InChI is InChI=1S/C20H23ClN2O2S/c21-18-3-1-2-16(14-18)15-26-13-8-22-20(24)17-4-6-19(7-5-17)23-9-11-25-12-10-23/h1-7,14H,8-13,15H2,(H,22,24). The minimum Gasteiger partial charge on any atom is -0.378 e. The fourth-order valence-corrected chi connectivity index (χ4v) is 3.82. The quantitative estimate of drug-likeness (QED) is 0.729. The molecule has 0 saturated carbocycles. The molecule has 1 aliphatic rings. The van der Waals surface area contributed by atoms with Gasteiger partial charge >= 0.3 is 0 Å². The van der Waals surface area contributed by atoms with Gasteiger partial charge in [-0.1, -0.05) is 23.7 Å². The average Bonchev–Trinajstić information content (AvgIpc) is 2.68. The Morgan fingerprint density at radius 2 is 1.92 bits per heavy atom. The second kappa shape index (κ2) is 9.86. The van der Waals surface area contributed by atoms with E-state index in [1.807, 2.05) is 42.5 Å². The van der Waals surface area contributed by atoms with Gasteiger partial charge in [0.2, 0.25) is 0 Å². The molecule has 1 aliphatic heterocycles. The molecule has 138 valence electrons. The summed E-state index contributed by atoms with van der Waals surface area (Å²) in [6.45, 7) is 3.96. The van der Waals surface area contributed by atoms with Crippen molar-refractivity contribution in [2.24, 2.45) is 0 Å². The van der Waals surface area contributed by atoms with Crippen LogP contribution in [0.15, 0.2) is 48.5 Å². The molecular weight excluding hydrogens is 368 g/mol. The monoisotopic (exact) mass is 390 g/mol. The van der Waals surface area contributed by atoms with Gasteiger partial charge in [0.1, 0.15) is 0 Å². The number of anilines is 1. The van der Waals surface area contributed by atoms with Gasteiger partial charge in [0, 0.05) is 47.4 Å². The highest BCUT2D eigenvalue weighted by Crippen LogP contribution is 2.17. The van der Waals surface area contributed by atoms with Gasteiger partial charge in [-0.05, 0) is 42.0 Å². The van der Waals surface area contributed by atoms with Crippen molar-refractivity contribution in [2.75, 3.05) is 43.5 Å². The number of carbonyl (C=O) groups is 1. The summed E-state index contributed by atoms with van der Waals surface area (Å²) in [5.41, 5.74) is 3.04. The summed E-state index contributed by atoms with van der Waals surface area (Å²) in [5.74, 6) is 1.73. The van der Waals surface area contributed by atoms with Crippen molar-refractivity contribution in [1.29, 1.82) is 0 Å². The lowest BCUT2D eigenvalue weighted by molar-refractivity contribution is 0.0956. The van der Waals surface area contributed by atoms with Gasteiger partial charge in [-0.25, -0.2) is 0 Å². The van der Waals surface area contributed by atoms with Crippen LogP contribution in [0.1, 0.15) is 15.9 Å². The first kappa shape index (κ1) is 19.1. The molecular formula is C20H23ClN2O2S. The number of nitrogens with one attached hydrogen (secondary N) is 1. The van der Waals surface area contributed by atoms with Crippen LogP contribution in [0.25, 0.3) is 0 Å². The van der Waals surface area contributed by atoms with Gasteiger partial charge in [-0.3, -0.25) is 4.79 Å². The van der Waals surface area contributed by atoms with Crippen LogP contribution < -0.4 is 10.2 Å². The first-order valence-electron chi connectivity index (χ1n) is 8.75. The first-order valence-corrected chi connectivity index (χ1v) is 10.3. The Morgan fingerprint density at radius 1 is 1.15 bits per heavy atom. The van der Waals surface area contributed by atoms with Gasteiger partial charge in [-0.15, -0.1) is 0 Å². The zero-order chi connectivity index (χ0) is 18.2. The molecule has 2 aromatic rings. The summed E-state index contributed by atoms with van der Waals surface area (Å²) < 4.78 is 5.37. The number of carbonyl (C=O) groups excluding carboxylic acids is 1. The fourth-order valence-electron chi connectivity index (χ4n) is 2.80. The lowest BCUT2D eigenvalue weighted by atomic mass is 10.1. The topological polar surface area (TPSA) is 41.6 Å². The van der Waals surface area contributed by atoms with Gasteiger partial charge in [0.15, 0.2) is 0 Å². The van der Waals surface area contributed by atoms with Crippen molar-refractivity contribution in [3.05, 3.63) is 64.7 Å². The van der Waals surface area contributed by atoms with Crippen LogP contribution in [0.4, 0.5) is 5.69 Å². The van der Waals surface area contributed by atoms with Gasteiger partial charge in [-0.2, -0.15) is 11.8 Å². The van der Waals surface area contributed by atoms with E-state index in [1.54, 1.807) is 11.8 Å². The summed E-state index contributed by atoms with van der Waals surface area (Å²) >= 11 is 7.76. The molecule has 0 unspecified atom stereocenters. The van der Waals surface area contributed by atoms with Crippen molar-refractivity contribution >= 4 is 35.0 Å². The highest BCUT2D eigenvalue weighted by molar-refractivity contribution is 7.98. The zero-order valence-corrected chi connectivity index (χ0v) is 16.2. The lowest BCUT2D eigenvalue weighted by Gasteiger charge is -2.28. The van der Waals surface area contributed by atoms with Crippen LogP contribution in [-0.2, 0) is 10.5 Å². The molecule has 1 saturated heterocycles. The Balaban J connectivity index is 1.39. The molecule has 4 nitrogen and oxygen atoms in total. The Kier molecular flexibility index (Phi) is 7.23. The number of rotatable bonds is 7. The van der Waals surface area contributed by atoms with E-state index in [2.05, 4.69) is 16.3 Å². The highest BCUT2D eigenvalue weighted by atomic mass is 35.5. The Labute approximate surface area is 163 Å². The molecule has 0 aromatic heterocycles.